The van der Waals surface area contributed by atoms with E-state index >= 15 is 0 Å². The van der Waals surface area contributed by atoms with E-state index in [1.165, 1.54) is 5.54 Å². The summed E-state index contributed by atoms with van der Waals surface area (Å²) in [6.07, 6.45) is 0. The van der Waals surface area contributed by atoms with Gasteiger partial charge in [-0.25, -0.2) is 0 Å². The minimum Gasteiger partial charge on any atom is -0.279 e. The Bertz CT molecular complexity index is 23.6. The van der Waals surface area contributed by atoms with Crippen LogP contribution < -0.4 is 0 Å². The summed E-state index contributed by atoms with van der Waals surface area (Å²) < 4.78 is 8.06. The fourth-order valence-corrected chi connectivity index (χ4v) is 0. The molecule has 0 aliphatic carbocycles. The Hall–Kier alpha value is 0.130. The molecule has 0 fully saturated rings. The summed E-state index contributed by atoms with van der Waals surface area (Å²) in [5, 5.41) is 0. The molecule has 0 radical (unpaired) electrons. The molecule has 0 aliphatic rings. The zero-order chi connectivity index (χ0) is 4.71. The van der Waals surface area contributed by atoms with Gasteiger partial charge in [-0.05, 0) is 5.54 Å². The zero-order valence-electron chi connectivity index (χ0n) is 2.57. The lowest BCUT2D eigenvalue weighted by Gasteiger charge is -1.27. The molecule has 0 aromatic heterocycles. The van der Waals surface area contributed by atoms with Crippen LogP contribution >= 0.6 is 20.7 Å². The molecule has 0 aromatic carbocycles. The molecule has 0 aromatic rings. The number of hydrogen-bond acceptors (Lipinski definition) is 1. The van der Waals surface area contributed by atoms with Crippen LogP contribution in [0.2, 0.25) is 0 Å². The summed E-state index contributed by atoms with van der Waals surface area (Å²) in [5.74, 6) is 0. The summed E-state index contributed by atoms with van der Waals surface area (Å²) in [4.78, 5) is 0. The fraction of sp³-hybridized carbons (Fsp3) is 0. The minimum atomic E-state index is 1.22. The lowest BCUT2D eigenvalue weighted by Crippen LogP contribution is -0.926. The van der Waals surface area contributed by atoms with Crippen molar-refractivity contribution in [2.45, 2.75) is 0 Å². The van der Waals surface area contributed by atoms with Crippen molar-refractivity contribution in [3.63, 3.8) is 0 Å². The second-order valence-electron chi connectivity index (χ2n) is 0.154. The van der Waals surface area contributed by atoms with Crippen LogP contribution in [0.4, 0.5) is 0 Å². The van der Waals surface area contributed by atoms with E-state index in [-0.39, 0.29) is 0 Å². The van der Waals surface area contributed by atoms with Crippen LogP contribution in [-0.4, -0.2) is 0 Å². The van der Waals surface area contributed by atoms with Crippen LogP contribution in [0.5, 0.6) is 0 Å². The summed E-state index contributed by atoms with van der Waals surface area (Å²) in [5.41, 5.74) is 1.22. The predicted molar refractivity (Wildman–Crippen MR) is 25.1 cm³/mol. The summed E-state index contributed by atoms with van der Waals surface area (Å²) in [6, 6.07) is 0. The van der Waals surface area contributed by atoms with Crippen LogP contribution in [0.25, 0.3) is 0 Å². The molecule has 0 saturated heterocycles. The fourth-order valence-electron chi connectivity index (χ4n) is 0. The molecule has 5 heavy (non-hydrogen) atoms. The van der Waals surface area contributed by atoms with Crippen molar-refractivity contribution < 1.29 is 4.57 Å². The molecule has 0 rings (SSSR count). The van der Waals surface area contributed by atoms with E-state index in [0.717, 1.165) is 0 Å². The van der Waals surface area contributed by atoms with E-state index in [1.54, 1.807) is 9.12 Å². The van der Waals surface area contributed by atoms with Crippen LogP contribution in [-0.2, 0) is 4.57 Å². The molecule has 0 atom stereocenters. The lowest BCUT2D eigenvalue weighted by atomic mass is 11.3. The van der Waals surface area contributed by atoms with Crippen molar-refractivity contribution in [2.24, 2.45) is 0 Å². The monoisotopic (exact) mass is 110 g/mol. The predicted octanol–water partition coefficient (Wildman–Crippen LogP) is 1.84. The van der Waals surface area contributed by atoms with Gasteiger partial charge in [-0.2, -0.15) is 0 Å². The molecule has 1 nitrogen and oxygen atoms in total. The Balaban J connectivity index is 0. The van der Waals surface area contributed by atoms with Gasteiger partial charge in [0.15, 0.2) is 0 Å². The maximum absolute atomic E-state index is 8.06. The van der Waals surface area contributed by atoms with E-state index in [9.17, 15) is 0 Å². The molecule has 0 spiro atoms. The molecule has 0 heterocycles. The van der Waals surface area contributed by atoms with Crippen molar-refractivity contribution in [3.8, 4) is 0 Å². The summed E-state index contributed by atoms with van der Waals surface area (Å²) >= 11 is 4.76. The third-order valence-corrected chi connectivity index (χ3v) is 0. The van der Waals surface area contributed by atoms with Crippen molar-refractivity contribution in [3.05, 3.63) is 12.1 Å². The van der Waals surface area contributed by atoms with E-state index in [0.29, 0.717) is 0 Å². The van der Waals surface area contributed by atoms with Gasteiger partial charge in [0, 0.05) is 0 Å². The van der Waals surface area contributed by atoms with Crippen molar-refractivity contribution in [1.82, 2.24) is 0 Å². The molecular weight excluding hydrogens is 106 g/mol. The second kappa shape index (κ2) is 31.7. The van der Waals surface area contributed by atoms with Crippen molar-refractivity contribution in [1.29, 1.82) is 0 Å². The third kappa shape index (κ3) is 1110. The normalized spacial score (nSPS) is 3.40. The van der Waals surface area contributed by atoms with Crippen LogP contribution in [0.1, 0.15) is 0 Å². The number of hydrogen-bond donors (Lipinski definition) is 0. The maximum atomic E-state index is 8.06. The quantitative estimate of drug-likeness (QED) is 0.435. The molecule has 0 saturated carbocycles. The summed E-state index contributed by atoms with van der Waals surface area (Å²) in [6.45, 7) is 3.13. The molecule has 30 valence electrons. The number of rotatable bonds is 0. The Morgan fingerprint density at radius 2 is 1.80 bits per heavy atom. The molecular formula is C2H4ClOP. The highest BCUT2D eigenvalue weighted by atomic mass is 35.5. The molecule has 0 unspecified atom stereocenters. The van der Waals surface area contributed by atoms with E-state index < -0.39 is 0 Å². The lowest BCUT2D eigenvalue weighted by molar-refractivity contribution is 0.607. The minimum absolute atomic E-state index is 1.22. The molecule has 0 amide bonds. The van der Waals surface area contributed by atoms with Gasteiger partial charge < -0.3 is 0 Å². The SMILES string of the molecule is C=CCl.O=P. The highest BCUT2D eigenvalue weighted by molar-refractivity contribution is 7.00. The van der Waals surface area contributed by atoms with Gasteiger partial charge >= 0.3 is 0 Å². The van der Waals surface area contributed by atoms with Gasteiger partial charge in [0.2, 0.25) is 0 Å². The topological polar surface area (TPSA) is 17.1 Å². The first kappa shape index (κ1) is 8.93. The first-order chi connectivity index (χ1) is 2.41. The van der Waals surface area contributed by atoms with Gasteiger partial charge in [-0.15, -0.1) is 0 Å². The molecule has 0 bridgehead atoms. The largest absolute Gasteiger partial charge is 0.279 e. The highest BCUT2D eigenvalue weighted by Gasteiger charge is 1.18. The van der Waals surface area contributed by atoms with Gasteiger partial charge in [0.05, 0.1) is 0 Å². The number of halogens is 1. The second-order valence-corrected chi connectivity index (χ2v) is 0.463. The third-order valence-electron chi connectivity index (χ3n) is 0. The van der Waals surface area contributed by atoms with E-state index in [2.05, 4.69) is 6.58 Å². The first-order valence-corrected chi connectivity index (χ1v) is 1.68. The Morgan fingerprint density at radius 1 is 1.80 bits per heavy atom. The van der Waals surface area contributed by atoms with E-state index in [1.807, 2.05) is 0 Å². The van der Waals surface area contributed by atoms with Crippen LogP contribution in [0.15, 0.2) is 12.1 Å². The molecule has 0 N–H and O–H groups in total. The Morgan fingerprint density at radius 3 is 1.80 bits per heavy atom. The van der Waals surface area contributed by atoms with Gasteiger partial charge in [-0.1, -0.05) is 18.2 Å². The van der Waals surface area contributed by atoms with Crippen molar-refractivity contribution >= 4 is 20.7 Å². The molecule has 3 heteroatoms. The first-order valence-electron chi connectivity index (χ1n) is 0.831. The molecule has 0 aliphatic heterocycles. The van der Waals surface area contributed by atoms with Crippen LogP contribution in [0, 0.1) is 0 Å². The standard InChI is InChI=1S/C2H3Cl.HOP/c1-2-3;1-2/h2H,1H2;2H. The van der Waals surface area contributed by atoms with Crippen LogP contribution in [0.3, 0.4) is 0 Å². The maximum Gasteiger partial charge on any atom is 0.138 e. The van der Waals surface area contributed by atoms with Gasteiger partial charge in [0.1, 0.15) is 9.12 Å². The Kier molecular flexibility index (Phi) is 56.6. The van der Waals surface area contributed by atoms with Crippen molar-refractivity contribution in [2.75, 3.05) is 0 Å². The van der Waals surface area contributed by atoms with Gasteiger partial charge in [-0.3, -0.25) is 4.57 Å². The zero-order valence-corrected chi connectivity index (χ0v) is 4.33. The highest BCUT2D eigenvalue weighted by Crippen LogP contribution is 1.60. The summed E-state index contributed by atoms with van der Waals surface area (Å²) in [7, 11) is 1.72. The van der Waals surface area contributed by atoms with E-state index in [4.69, 9.17) is 16.2 Å². The Labute approximate surface area is 38.3 Å². The average Bonchev–Trinajstić information content (AvgIpc) is 1.46. The van der Waals surface area contributed by atoms with Gasteiger partial charge in [0.25, 0.3) is 0 Å². The average molecular weight is 110 g/mol. The smallest absolute Gasteiger partial charge is 0.138 e.